The number of nitrogens with zero attached hydrogens (tertiary/aromatic N) is 2. The van der Waals surface area contributed by atoms with E-state index in [1.54, 1.807) is 11.3 Å². The number of hydrogen-bond acceptors (Lipinski definition) is 4. The molecule has 0 fully saturated rings. The Morgan fingerprint density at radius 2 is 2.20 bits per heavy atom. The lowest BCUT2D eigenvalue weighted by Gasteiger charge is -2.22. The molecule has 4 nitrogen and oxygen atoms in total. The number of hydrogen-bond donors (Lipinski definition) is 2. The zero-order valence-corrected chi connectivity index (χ0v) is 13.5. The molecule has 0 bridgehead atoms. The van der Waals surface area contributed by atoms with Crippen molar-refractivity contribution in [1.82, 2.24) is 15.1 Å². The van der Waals surface area contributed by atoms with E-state index in [0.29, 0.717) is 6.54 Å². The van der Waals surface area contributed by atoms with Gasteiger partial charge in [-0.1, -0.05) is 26.8 Å². The van der Waals surface area contributed by atoms with E-state index in [4.69, 9.17) is 5.73 Å². The first-order chi connectivity index (χ1) is 9.41. The summed E-state index contributed by atoms with van der Waals surface area (Å²) in [5.74, 6) is 0. The molecule has 0 saturated carbocycles. The van der Waals surface area contributed by atoms with Crippen molar-refractivity contribution in [3.05, 3.63) is 39.8 Å². The molecule has 0 aromatic carbocycles. The van der Waals surface area contributed by atoms with Gasteiger partial charge in [-0.05, 0) is 11.4 Å². The molecule has 2 aromatic rings. The molecule has 0 saturated heterocycles. The summed E-state index contributed by atoms with van der Waals surface area (Å²) in [7, 11) is 1.96. The Morgan fingerprint density at radius 3 is 2.75 bits per heavy atom. The average Bonchev–Trinajstić information content (AvgIpc) is 2.99. The maximum Gasteiger partial charge on any atom is 0.0726 e. The van der Waals surface area contributed by atoms with Crippen LogP contribution in [-0.4, -0.2) is 16.3 Å². The van der Waals surface area contributed by atoms with Gasteiger partial charge in [0, 0.05) is 48.2 Å². The van der Waals surface area contributed by atoms with Crippen molar-refractivity contribution in [1.29, 1.82) is 0 Å². The van der Waals surface area contributed by atoms with E-state index < -0.39 is 0 Å². The Labute approximate surface area is 125 Å². The zero-order valence-electron chi connectivity index (χ0n) is 12.7. The van der Waals surface area contributed by atoms with Crippen molar-refractivity contribution in [2.75, 3.05) is 6.54 Å². The molecule has 20 heavy (non-hydrogen) atoms. The molecule has 5 heteroatoms. The third kappa shape index (κ3) is 3.48. The highest BCUT2D eigenvalue weighted by molar-refractivity contribution is 7.09. The zero-order chi connectivity index (χ0) is 14.8. The van der Waals surface area contributed by atoms with Crippen molar-refractivity contribution in [2.24, 2.45) is 12.8 Å². The summed E-state index contributed by atoms with van der Waals surface area (Å²) in [6.07, 6.45) is 2.08. The molecule has 2 rings (SSSR count). The number of rotatable bonds is 5. The molecule has 1 atom stereocenters. The third-order valence-corrected chi connectivity index (χ3v) is 4.16. The van der Waals surface area contributed by atoms with Gasteiger partial charge in [0.05, 0.1) is 5.69 Å². The maximum absolute atomic E-state index is 5.97. The second kappa shape index (κ2) is 6.08. The summed E-state index contributed by atoms with van der Waals surface area (Å²) in [4.78, 5) is 1.32. The van der Waals surface area contributed by atoms with Crippen LogP contribution in [-0.2, 0) is 19.0 Å². The Morgan fingerprint density at radius 1 is 1.45 bits per heavy atom. The van der Waals surface area contributed by atoms with Crippen LogP contribution in [0.4, 0.5) is 0 Å². The number of thiophene rings is 1. The van der Waals surface area contributed by atoms with Gasteiger partial charge in [-0.25, -0.2) is 0 Å². The first-order valence-corrected chi connectivity index (χ1v) is 7.79. The molecular formula is C15H24N4S. The standard InChI is InChI=1S/C15H24N4S/c1-15(2,3)14-12(10-19(4)18-14)13(8-16)17-9-11-6-5-7-20-11/h5-7,10,13,17H,8-9,16H2,1-4H3. The van der Waals surface area contributed by atoms with Crippen LogP contribution in [0.2, 0.25) is 0 Å². The van der Waals surface area contributed by atoms with Crippen LogP contribution in [0.1, 0.15) is 42.9 Å². The molecule has 0 aliphatic carbocycles. The summed E-state index contributed by atoms with van der Waals surface area (Å²) in [5, 5.41) is 10.3. The van der Waals surface area contributed by atoms with Crippen LogP contribution in [0.3, 0.4) is 0 Å². The first-order valence-electron chi connectivity index (χ1n) is 6.91. The number of nitrogens with two attached hydrogens (primary N) is 1. The summed E-state index contributed by atoms with van der Waals surface area (Å²) in [5.41, 5.74) is 8.32. The average molecular weight is 292 g/mol. The fraction of sp³-hybridized carbons (Fsp3) is 0.533. The van der Waals surface area contributed by atoms with Gasteiger partial charge in [-0.2, -0.15) is 5.10 Å². The van der Waals surface area contributed by atoms with Gasteiger partial charge < -0.3 is 11.1 Å². The summed E-state index contributed by atoms with van der Waals surface area (Å²) < 4.78 is 1.88. The molecule has 110 valence electrons. The Kier molecular flexibility index (Phi) is 4.62. The maximum atomic E-state index is 5.97. The molecule has 0 amide bonds. The quantitative estimate of drug-likeness (QED) is 0.890. The van der Waals surface area contributed by atoms with E-state index in [9.17, 15) is 0 Å². The van der Waals surface area contributed by atoms with Crippen molar-refractivity contribution in [2.45, 2.75) is 38.8 Å². The molecule has 2 aromatic heterocycles. The molecule has 0 spiro atoms. The van der Waals surface area contributed by atoms with Gasteiger partial charge in [0.25, 0.3) is 0 Å². The van der Waals surface area contributed by atoms with E-state index >= 15 is 0 Å². The molecule has 0 aliphatic heterocycles. The second-order valence-electron chi connectivity index (χ2n) is 6.11. The van der Waals surface area contributed by atoms with Crippen molar-refractivity contribution in [3.63, 3.8) is 0 Å². The molecule has 2 heterocycles. The van der Waals surface area contributed by atoms with Crippen molar-refractivity contribution >= 4 is 11.3 Å². The highest BCUT2D eigenvalue weighted by Gasteiger charge is 2.25. The van der Waals surface area contributed by atoms with E-state index in [1.807, 2.05) is 11.7 Å². The highest BCUT2D eigenvalue weighted by atomic mass is 32.1. The lowest BCUT2D eigenvalue weighted by Crippen LogP contribution is -2.29. The first kappa shape index (κ1) is 15.2. The van der Waals surface area contributed by atoms with Gasteiger partial charge in [-0.15, -0.1) is 11.3 Å². The normalized spacial score (nSPS) is 13.7. The van der Waals surface area contributed by atoms with E-state index in [-0.39, 0.29) is 11.5 Å². The fourth-order valence-corrected chi connectivity index (χ4v) is 2.96. The SMILES string of the molecule is Cn1cc(C(CN)NCc2cccs2)c(C(C)(C)C)n1. The number of aromatic nitrogens is 2. The Bertz CT molecular complexity index is 537. The van der Waals surface area contributed by atoms with Crippen molar-refractivity contribution < 1.29 is 0 Å². The molecule has 0 radical (unpaired) electrons. The molecule has 3 N–H and O–H groups in total. The van der Waals surface area contributed by atoms with Gasteiger partial charge >= 0.3 is 0 Å². The van der Waals surface area contributed by atoms with Crippen LogP contribution in [0.15, 0.2) is 23.7 Å². The van der Waals surface area contributed by atoms with Crippen molar-refractivity contribution in [3.8, 4) is 0 Å². The number of nitrogens with one attached hydrogen (secondary N) is 1. The topological polar surface area (TPSA) is 55.9 Å². The van der Waals surface area contributed by atoms with Gasteiger partial charge in [-0.3, -0.25) is 4.68 Å². The van der Waals surface area contributed by atoms with Crippen LogP contribution in [0, 0.1) is 0 Å². The monoisotopic (exact) mass is 292 g/mol. The Hall–Kier alpha value is -1.17. The lowest BCUT2D eigenvalue weighted by atomic mass is 9.87. The third-order valence-electron chi connectivity index (χ3n) is 3.28. The second-order valence-corrected chi connectivity index (χ2v) is 7.14. The molecule has 1 unspecified atom stereocenters. The summed E-state index contributed by atoms with van der Waals surface area (Å²) >= 11 is 1.76. The van der Waals surface area contributed by atoms with Gasteiger partial charge in [0.15, 0.2) is 0 Å². The number of aryl methyl sites for hydroxylation is 1. The predicted octanol–water partition coefficient (Wildman–Crippen LogP) is 2.57. The van der Waals surface area contributed by atoms with E-state index in [0.717, 1.165) is 12.2 Å². The smallest absolute Gasteiger partial charge is 0.0726 e. The minimum atomic E-state index is 0.0224. The van der Waals surface area contributed by atoms with Crippen LogP contribution in [0.5, 0.6) is 0 Å². The lowest BCUT2D eigenvalue weighted by molar-refractivity contribution is 0.508. The van der Waals surface area contributed by atoms with Gasteiger partial charge in [0.1, 0.15) is 0 Å². The minimum Gasteiger partial charge on any atom is -0.329 e. The molecular weight excluding hydrogens is 268 g/mol. The summed E-state index contributed by atoms with van der Waals surface area (Å²) in [6.45, 7) is 7.97. The van der Waals surface area contributed by atoms with Gasteiger partial charge in [0.2, 0.25) is 0 Å². The minimum absolute atomic E-state index is 0.0224. The van der Waals surface area contributed by atoms with E-state index in [1.165, 1.54) is 10.4 Å². The largest absolute Gasteiger partial charge is 0.329 e. The van der Waals surface area contributed by atoms with Crippen LogP contribution >= 0.6 is 11.3 Å². The fourth-order valence-electron chi connectivity index (χ4n) is 2.30. The Balaban J connectivity index is 2.19. The van der Waals surface area contributed by atoms with E-state index in [2.05, 4.69) is 54.9 Å². The van der Waals surface area contributed by atoms with Crippen LogP contribution < -0.4 is 11.1 Å². The molecule has 0 aliphatic rings. The highest BCUT2D eigenvalue weighted by Crippen LogP contribution is 2.28. The summed E-state index contributed by atoms with van der Waals surface area (Å²) in [6, 6.07) is 4.35. The van der Waals surface area contributed by atoms with Crippen LogP contribution in [0.25, 0.3) is 0 Å². The predicted molar refractivity (Wildman–Crippen MR) is 84.9 cm³/mol.